The summed E-state index contributed by atoms with van der Waals surface area (Å²) in [5.74, 6) is 1.03. The van der Waals surface area contributed by atoms with Gasteiger partial charge in [-0.1, -0.05) is 28.1 Å². The van der Waals surface area contributed by atoms with E-state index >= 15 is 0 Å². The van der Waals surface area contributed by atoms with Crippen molar-refractivity contribution in [2.24, 2.45) is 0 Å². The Kier molecular flexibility index (Phi) is 4.07. The van der Waals surface area contributed by atoms with Crippen molar-refractivity contribution in [3.63, 3.8) is 0 Å². The van der Waals surface area contributed by atoms with Gasteiger partial charge in [-0.15, -0.1) is 0 Å². The summed E-state index contributed by atoms with van der Waals surface area (Å²) < 4.78 is 5.90. The van der Waals surface area contributed by atoms with Gasteiger partial charge in [0.1, 0.15) is 5.75 Å². The molecule has 0 bridgehead atoms. The normalized spacial score (nSPS) is 16.9. The first-order valence-corrected chi connectivity index (χ1v) is 6.82. The lowest BCUT2D eigenvalue weighted by Crippen LogP contribution is -2.10. The van der Waals surface area contributed by atoms with Crippen LogP contribution in [0.2, 0.25) is 0 Å². The highest BCUT2D eigenvalue weighted by atomic mass is 79.9. The second-order valence-electron chi connectivity index (χ2n) is 4.11. The maximum atomic E-state index is 5.90. The molecule has 0 atom stereocenters. The first kappa shape index (κ1) is 11.0. The molecule has 2 heteroatoms. The van der Waals surface area contributed by atoms with Crippen LogP contribution in [0.15, 0.2) is 24.3 Å². The van der Waals surface area contributed by atoms with E-state index in [0.29, 0.717) is 6.10 Å². The van der Waals surface area contributed by atoms with Crippen molar-refractivity contribution in [2.75, 3.05) is 5.33 Å². The van der Waals surface area contributed by atoms with E-state index < -0.39 is 0 Å². The minimum Gasteiger partial charge on any atom is -0.490 e. The number of halogens is 1. The highest BCUT2D eigenvalue weighted by Crippen LogP contribution is 2.24. The lowest BCUT2D eigenvalue weighted by Gasteiger charge is -2.13. The van der Waals surface area contributed by atoms with Gasteiger partial charge in [0.2, 0.25) is 0 Å². The van der Waals surface area contributed by atoms with E-state index in [9.17, 15) is 0 Å². The largest absolute Gasteiger partial charge is 0.490 e. The zero-order chi connectivity index (χ0) is 10.5. The molecule has 1 saturated carbocycles. The molecular formula is C13H17BrO. The number of ether oxygens (including phenoxy) is 1. The first-order chi connectivity index (χ1) is 7.38. The summed E-state index contributed by atoms with van der Waals surface area (Å²) in [4.78, 5) is 0. The zero-order valence-corrected chi connectivity index (χ0v) is 10.5. The van der Waals surface area contributed by atoms with Crippen molar-refractivity contribution in [1.29, 1.82) is 0 Å². The standard InChI is InChI=1S/C13H17BrO/c14-10-9-11-5-7-13(8-6-11)15-12-3-1-2-4-12/h5-8,12H,1-4,9-10H2. The maximum absolute atomic E-state index is 5.90. The second kappa shape index (κ2) is 5.55. The highest BCUT2D eigenvalue weighted by Gasteiger charge is 2.16. The fourth-order valence-electron chi connectivity index (χ4n) is 2.04. The van der Waals surface area contributed by atoms with E-state index in [4.69, 9.17) is 4.74 Å². The van der Waals surface area contributed by atoms with Crippen molar-refractivity contribution >= 4 is 15.9 Å². The summed E-state index contributed by atoms with van der Waals surface area (Å²) in [6, 6.07) is 8.50. The van der Waals surface area contributed by atoms with E-state index in [1.54, 1.807) is 0 Å². The van der Waals surface area contributed by atoms with Crippen LogP contribution in [0.25, 0.3) is 0 Å². The summed E-state index contributed by atoms with van der Waals surface area (Å²) in [5, 5.41) is 1.02. The SMILES string of the molecule is BrCCc1ccc(OC2CCCC2)cc1. The number of hydrogen-bond acceptors (Lipinski definition) is 1. The number of benzene rings is 1. The summed E-state index contributed by atoms with van der Waals surface area (Å²) >= 11 is 3.44. The Morgan fingerprint density at radius 1 is 1.13 bits per heavy atom. The summed E-state index contributed by atoms with van der Waals surface area (Å²) in [5.41, 5.74) is 1.37. The average molecular weight is 269 g/mol. The molecule has 0 aliphatic heterocycles. The molecule has 0 amide bonds. The molecule has 15 heavy (non-hydrogen) atoms. The molecule has 82 valence electrons. The van der Waals surface area contributed by atoms with Crippen LogP contribution in [0.1, 0.15) is 31.2 Å². The fraction of sp³-hybridized carbons (Fsp3) is 0.538. The maximum Gasteiger partial charge on any atom is 0.119 e. The Labute approximate surface area is 100.0 Å². The van der Waals surface area contributed by atoms with Crippen LogP contribution in [-0.4, -0.2) is 11.4 Å². The Morgan fingerprint density at radius 2 is 1.80 bits per heavy atom. The van der Waals surface area contributed by atoms with Gasteiger partial charge >= 0.3 is 0 Å². The summed E-state index contributed by atoms with van der Waals surface area (Å²) in [7, 11) is 0. The molecule has 0 aromatic heterocycles. The van der Waals surface area contributed by atoms with Gasteiger partial charge in [-0.3, -0.25) is 0 Å². The van der Waals surface area contributed by atoms with Gasteiger partial charge in [0.15, 0.2) is 0 Å². The van der Waals surface area contributed by atoms with Gasteiger partial charge in [-0.2, -0.15) is 0 Å². The molecule has 1 aromatic carbocycles. The van der Waals surface area contributed by atoms with Crippen molar-refractivity contribution < 1.29 is 4.74 Å². The van der Waals surface area contributed by atoms with Gasteiger partial charge in [-0.05, 0) is 49.8 Å². The van der Waals surface area contributed by atoms with Crippen molar-refractivity contribution in [3.05, 3.63) is 29.8 Å². The van der Waals surface area contributed by atoms with E-state index in [1.807, 2.05) is 0 Å². The third kappa shape index (κ3) is 3.23. The minimum atomic E-state index is 0.465. The van der Waals surface area contributed by atoms with Crippen LogP contribution in [-0.2, 0) is 6.42 Å². The molecule has 0 radical (unpaired) electrons. The third-order valence-electron chi connectivity index (χ3n) is 2.91. The topological polar surface area (TPSA) is 9.23 Å². The predicted molar refractivity (Wildman–Crippen MR) is 66.8 cm³/mol. The molecule has 2 rings (SSSR count). The number of alkyl halides is 1. The van der Waals surface area contributed by atoms with Crippen molar-refractivity contribution in [2.45, 2.75) is 38.2 Å². The summed E-state index contributed by atoms with van der Waals surface area (Å²) in [6.45, 7) is 0. The lowest BCUT2D eigenvalue weighted by atomic mass is 10.2. The van der Waals surface area contributed by atoms with Crippen LogP contribution in [0.4, 0.5) is 0 Å². The van der Waals surface area contributed by atoms with E-state index in [2.05, 4.69) is 40.2 Å². The lowest BCUT2D eigenvalue weighted by molar-refractivity contribution is 0.210. The highest BCUT2D eigenvalue weighted by molar-refractivity contribution is 9.09. The average Bonchev–Trinajstić information content (AvgIpc) is 2.74. The molecule has 1 fully saturated rings. The smallest absolute Gasteiger partial charge is 0.119 e. The number of aryl methyl sites for hydroxylation is 1. The zero-order valence-electron chi connectivity index (χ0n) is 8.92. The van der Waals surface area contributed by atoms with Crippen LogP contribution in [0.3, 0.4) is 0 Å². The van der Waals surface area contributed by atoms with E-state index in [0.717, 1.165) is 17.5 Å². The van der Waals surface area contributed by atoms with Crippen LogP contribution >= 0.6 is 15.9 Å². The molecule has 0 heterocycles. The Morgan fingerprint density at radius 3 is 2.40 bits per heavy atom. The molecular weight excluding hydrogens is 252 g/mol. The van der Waals surface area contributed by atoms with Crippen molar-refractivity contribution in [1.82, 2.24) is 0 Å². The molecule has 0 N–H and O–H groups in total. The fourth-order valence-corrected chi connectivity index (χ4v) is 2.50. The van der Waals surface area contributed by atoms with Crippen LogP contribution in [0.5, 0.6) is 5.75 Å². The monoisotopic (exact) mass is 268 g/mol. The summed E-state index contributed by atoms with van der Waals surface area (Å²) in [6.07, 6.45) is 6.65. The van der Waals surface area contributed by atoms with Crippen molar-refractivity contribution in [3.8, 4) is 5.75 Å². The quantitative estimate of drug-likeness (QED) is 0.752. The van der Waals surface area contributed by atoms with E-state index in [-0.39, 0.29) is 0 Å². The second-order valence-corrected chi connectivity index (χ2v) is 4.90. The predicted octanol–water partition coefficient (Wildman–Crippen LogP) is 3.95. The van der Waals surface area contributed by atoms with Crippen LogP contribution in [0, 0.1) is 0 Å². The molecule has 0 spiro atoms. The third-order valence-corrected chi connectivity index (χ3v) is 3.31. The van der Waals surface area contributed by atoms with E-state index in [1.165, 1.54) is 31.2 Å². The van der Waals surface area contributed by atoms with Gasteiger partial charge < -0.3 is 4.74 Å². The first-order valence-electron chi connectivity index (χ1n) is 5.70. The number of hydrogen-bond donors (Lipinski definition) is 0. The molecule has 1 aliphatic rings. The van der Waals surface area contributed by atoms with Gasteiger partial charge in [-0.25, -0.2) is 0 Å². The Hall–Kier alpha value is -0.500. The molecule has 1 nitrogen and oxygen atoms in total. The Balaban J connectivity index is 1.91. The minimum absolute atomic E-state index is 0.465. The van der Waals surface area contributed by atoms with Crippen LogP contribution < -0.4 is 4.74 Å². The number of rotatable bonds is 4. The Bertz CT molecular complexity index is 288. The molecule has 1 aromatic rings. The molecule has 0 saturated heterocycles. The van der Waals surface area contributed by atoms with Gasteiger partial charge in [0, 0.05) is 5.33 Å². The van der Waals surface area contributed by atoms with Gasteiger partial charge in [0.05, 0.1) is 6.10 Å². The molecule has 0 unspecified atom stereocenters. The van der Waals surface area contributed by atoms with Gasteiger partial charge in [0.25, 0.3) is 0 Å². The molecule has 1 aliphatic carbocycles.